The van der Waals surface area contributed by atoms with Crippen LogP contribution in [0.2, 0.25) is 5.02 Å². The number of methoxy groups -OCH3 is 1. The Balaban J connectivity index is 1.99. The van der Waals surface area contributed by atoms with Crippen molar-refractivity contribution in [1.82, 2.24) is 9.97 Å². The van der Waals surface area contributed by atoms with Crippen molar-refractivity contribution < 1.29 is 4.74 Å². The van der Waals surface area contributed by atoms with Crippen molar-refractivity contribution in [2.24, 2.45) is 0 Å². The second-order valence-electron chi connectivity index (χ2n) is 4.70. The molecule has 0 aliphatic heterocycles. The lowest BCUT2D eigenvalue weighted by Gasteiger charge is -2.04. The highest BCUT2D eigenvalue weighted by molar-refractivity contribution is 6.31. The molecule has 0 spiro atoms. The quantitative estimate of drug-likeness (QED) is 0.808. The first-order valence-corrected chi connectivity index (χ1v) is 6.85. The molecule has 0 aliphatic rings. The van der Waals surface area contributed by atoms with Gasteiger partial charge in [0.25, 0.3) is 5.56 Å². The third-order valence-electron chi connectivity index (χ3n) is 3.26. The van der Waals surface area contributed by atoms with E-state index in [9.17, 15) is 4.79 Å². The zero-order valence-electron chi connectivity index (χ0n) is 11.4. The van der Waals surface area contributed by atoms with Gasteiger partial charge in [0.05, 0.1) is 18.1 Å². The summed E-state index contributed by atoms with van der Waals surface area (Å²) in [6, 6.07) is 12.8. The molecular weight excluding hydrogens is 288 g/mol. The van der Waals surface area contributed by atoms with Crippen molar-refractivity contribution in [2.75, 3.05) is 7.11 Å². The average molecular weight is 301 g/mol. The van der Waals surface area contributed by atoms with Crippen LogP contribution >= 0.6 is 11.6 Å². The van der Waals surface area contributed by atoms with E-state index in [0.717, 1.165) is 11.3 Å². The molecular formula is C16H13ClN2O2. The van der Waals surface area contributed by atoms with Crippen LogP contribution in [0.5, 0.6) is 5.75 Å². The Morgan fingerprint density at radius 3 is 2.67 bits per heavy atom. The number of aromatic amines is 1. The highest BCUT2D eigenvalue weighted by Crippen LogP contribution is 2.16. The summed E-state index contributed by atoms with van der Waals surface area (Å²) in [4.78, 5) is 19.3. The van der Waals surface area contributed by atoms with Crippen LogP contribution < -0.4 is 10.3 Å². The van der Waals surface area contributed by atoms with Crippen molar-refractivity contribution in [3.8, 4) is 5.75 Å². The molecule has 3 rings (SSSR count). The fourth-order valence-corrected chi connectivity index (χ4v) is 2.32. The van der Waals surface area contributed by atoms with Gasteiger partial charge in [-0.1, -0.05) is 23.7 Å². The van der Waals surface area contributed by atoms with E-state index in [0.29, 0.717) is 28.2 Å². The molecule has 1 heterocycles. The third-order valence-corrected chi connectivity index (χ3v) is 3.49. The number of halogens is 1. The monoisotopic (exact) mass is 300 g/mol. The summed E-state index contributed by atoms with van der Waals surface area (Å²) in [6.07, 6.45) is 0.460. The predicted octanol–water partition coefficient (Wildman–Crippen LogP) is 3.18. The van der Waals surface area contributed by atoms with E-state index in [1.54, 1.807) is 25.3 Å². The van der Waals surface area contributed by atoms with Gasteiger partial charge in [-0.3, -0.25) is 4.79 Å². The summed E-state index contributed by atoms with van der Waals surface area (Å²) in [5.41, 5.74) is 2.65. The minimum atomic E-state index is -0.180. The molecule has 3 aromatic rings. The Labute approximate surface area is 126 Å². The van der Waals surface area contributed by atoms with Gasteiger partial charge in [0.15, 0.2) is 0 Å². The molecule has 0 amide bonds. The van der Waals surface area contributed by atoms with Gasteiger partial charge in [0, 0.05) is 11.4 Å². The zero-order valence-corrected chi connectivity index (χ0v) is 12.1. The molecule has 0 saturated heterocycles. The number of fused-ring (bicyclic) bond motifs is 1. The molecule has 0 atom stereocenters. The Kier molecular flexibility index (Phi) is 3.62. The van der Waals surface area contributed by atoms with Crippen LogP contribution in [0, 0.1) is 0 Å². The lowest BCUT2D eigenvalue weighted by Crippen LogP contribution is -2.15. The van der Waals surface area contributed by atoms with E-state index in [4.69, 9.17) is 16.3 Å². The van der Waals surface area contributed by atoms with Crippen molar-refractivity contribution in [2.45, 2.75) is 6.42 Å². The Morgan fingerprint density at radius 1 is 1.19 bits per heavy atom. The van der Waals surface area contributed by atoms with Gasteiger partial charge in [-0.25, -0.2) is 4.98 Å². The van der Waals surface area contributed by atoms with Gasteiger partial charge in [-0.2, -0.15) is 0 Å². The maximum Gasteiger partial charge on any atom is 0.270 e. The fraction of sp³-hybridized carbons (Fsp3) is 0.125. The number of benzene rings is 2. The van der Waals surface area contributed by atoms with E-state index >= 15 is 0 Å². The molecule has 0 bridgehead atoms. The lowest BCUT2D eigenvalue weighted by molar-refractivity contribution is 0.414. The summed E-state index contributed by atoms with van der Waals surface area (Å²) < 4.78 is 5.12. The van der Waals surface area contributed by atoms with Crippen LogP contribution in [0.3, 0.4) is 0 Å². The van der Waals surface area contributed by atoms with Crippen LogP contribution in [-0.2, 0) is 6.42 Å². The Hall–Kier alpha value is -2.33. The van der Waals surface area contributed by atoms with Gasteiger partial charge in [0.2, 0.25) is 0 Å². The van der Waals surface area contributed by atoms with Crippen LogP contribution in [0.4, 0.5) is 0 Å². The normalized spacial score (nSPS) is 10.8. The predicted molar refractivity (Wildman–Crippen MR) is 83.2 cm³/mol. The summed E-state index contributed by atoms with van der Waals surface area (Å²) in [7, 11) is 1.62. The maximum atomic E-state index is 12.1. The van der Waals surface area contributed by atoms with Gasteiger partial charge in [0.1, 0.15) is 11.4 Å². The highest BCUT2D eigenvalue weighted by atomic mass is 35.5. The van der Waals surface area contributed by atoms with E-state index in [1.165, 1.54) is 0 Å². The average Bonchev–Trinajstić information content (AvgIpc) is 2.49. The molecule has 0 aliphatic carbocycles. The molecule has 21 heavy (non-hydrogen) atoms. The largest absolute Gasteiger partial charge is 0.497 e. The minimum absolute atomic E-state index is 0.180. The molecule has 0 fully saturated rings. The first kappa shape index (κ1) is 13.6. The van der Waals surface area contributed by atoms with Crippen molar-refractivity contribution >= 4 is 22.6 Å². The van der Waals surface area contributed by atoms with E-state index < -0.39 is 0 Å². The minimum Gasteiger partial charge on any atom is -0.497 e. The van der Waals surface area contributed by atoms with Crippen LogP contribution in [-0.4, -0.2) is 17.1 Å². The molecule has 2 aromatic carbocycles. The Bertz CT molecular complexity index is 841. The number of ether oxygens (including phenoxy) is 1. The van der Waals surface area contributed by atoms with Gasteiger partial charge < -0.3 is 9.72 Å². The fourth-order valence-electron chi connectivity index (χ4n) is 2.15. The van der Waals surface area contributed by atoms with Crippen molar-refractivity contribution in [1.29, 1.82) is 0 Å². The first-order chi connectivity index (χ1) is 10.2. The number of hydrogen-bond acceptors (Lipinski definition) is 3. The molecule has 106 valence electrons. The molecule has 1 N–H and O–H groups in total. The smallest absolute Gasteiger partial charge is 0.270 e. The molecule has 1 aromatic heterocycles. The topological polar surface area (TPSA) is 55.0 Å². The van der Waals surface area contributed by atoms with Crippen LogP contribution in [0.15, 0.2) is 47.3 Å². The van der Waals surface area contributed by atoms with Crippen LogP contribution in [0.25, 0.3) is 11.0 Å². The molecule has 0 radical (unpaired) electrons. The molecule has 4 nitrogen and oxygen atoms in total. The van der Waals surface area contributed by atoms with Gasteiger partial charge in [-0.05, 0) is 35.9 Å². The van der Waals surface area contributed by atoms with Gasteiger partial charge >= 0.3 is 0 Å². The summed E-state index contributed by atoms with van der Waals surface area (Å²) in [5.74, 6) is 0.783. The highest BCUT2D eigenvalue weighted by Gasteiger charge is 2.07. The van der Waals surface area contributed by atoms with Crippen LogP contribution in [0.1, 0.15) is 11.3 Å². The summed E-state index contributed by atoms with van der Waals surface area (Å²) >= 11 is 5.96. The summed E-state index contributed by atoms with van der Waals surface area (Å²) in [5, 5.41) is 0.595. The second kappa shape index (κ2) is 5.58. The number of H-pyrrole nitrogens is 1. The SMILES string of the molecule is COc1ccc(Cc2nc3cc(Cl)ccc3[nH]c2=O)cc1. The second-order valence-corrected chi connectivity index (χ2v) is 5.14. The van der Waals surface area contributed by atoms with Crippen molar-refractivity contribution in [3.05, 3.63) is 69.1 Å². The van der Waals surface area contributed by atoms with E-state index in [-0.39, 0.29) is 5.56 Å². The number of hydrogen-bond donors (Lipinski definition) is 1. The molecule has 0 saturated carbocycles. The third kappa shape index (κ3) is 2.90. The standard InChI is InChI=1S/C16H13ClN2O2/c1-21-12-5-2-10(3-6-12)8-15-16(20)19-13-7-4-11(17)9-14(13)18-15/h2-7,9H,8H2,1H3,(H,19,20). The maximum absolute atomic E-state index is 12.1. The zero-order chi connectivity index (χ0) is 14.8. The number of rotatable bonds is 3. The summed E-state index contributed by atoms with van der Waals surface area (Å²) in [6.45, 7) is 0. The molecule has 0 unspecified atom stereocenters. The number of nitrogens with one attached hydrogen (secondary N) is 1. The number of aromatic nitrogens is 2. The molecule has 5 heteroatoms. The Morgan fingerprint density at radius 2 is 1.95 bits per heavy atom. The first-order valence-electron chi connectivity index (χ1n) is 6.47. The van der Waals surface area contributed by atoms with E-state index in [1.807, 2.05) is 24.3 Å². The van der Waals surface area contributed by atoms with Crippen molar-refractivity contribution in [3.63, 3.8) is 0 Å². The van der Waals surface area contributed by atoms with Gasteiger partial charge in [-0.15, -0.1) is 0 Å². The lowest BCUT2D eigenvalue weighted by atomic mass is 10.1. The van der Waals surface area contributed by atoms with E-state index in [2.05, 4.69) is 9.97 Å². The number of nitrogens with zero attached hydrogens (tertiary/aromatic N) is 1.